The molecule has 0 bridgehead atoms. The first-order valence-corrected chi connectivity index (χ1v) is 7.81. The van der Waals surface area contributed by atoms with E-state index in [2.05, 4.69) is 0 Å². The maximum atomic E-state index is 11.6. The Labute approximate surface area is 145 Å². The van der Waals surface area contributed by atoms with Crippen LogP contribution in [0.5, 0.6) is 5.75 Å². The topological polar surface area (TPSA) is 46.5 Å². The molecule has 0 saturated carbocycles. The van der Waals surface area contributed by atoms with Gasteiger partial charge < -0.3 is 9.84 Å². The standard InChI is InChI=1S/C20H15ClO3/c21-17-9-6-15(7-10-17)16-8-11-19(18(12-16)20(22)23)24-13-14-4-2-1-3-5-14/h1-12H,13H2,(H,22,23). The van der Waals surface area contributed by atoms with Gasteiger partial charge in [-0.3, -0.25) is 0 Å². The third kappa shape index (κ3) is 3.76. The van der Waals surface area contributed by atoms with Gasteiger partial charge in [0.1, 0.15) is 17.9 Å². The number of hydrogen-bond acceptors (Lipinski definition) is 2. The van der Waals surface area contributed by atoms with E-state index in [0.717, 1.165) is 16.7 Å². The smallest absolute Gasteiger partial charge is 0.339 e. The van der Waals surface area contributed by atoms with Crippen molar-refractivity contribution in [2.75, 3.05) is 0 Å². The number of carboxylic acid groups (broad SMARTS) is 1. The van der Waals surface area contributed by atoms with Crippen LogP contribution in [0.25, 0.3) is 11.1 Å². The van der Waals surface area contributed by atoms with E-state index in [1.54, 1.807) is 24.3 Å². The lowest BCUT2D eigenvalue weighted by Gasteiger charge is -2.11. The van der Waals surface area contributed by atoms with E-state index in [-0.39, 0.29) is 5.56 Å². The first-order chi connectivity index (χ1) is 11.6. The number of halogens is 1. The molecule has 3 nitrogen and oxygen atoms in total. The summed E-state index contributed by atoms with van der Waals surface area (Å²) in [6.07, 6.45) is 0. The summed E-state index contributed by atoms with van der Waals surface area (Å²) >= 11 is 5.89. The number of ether oxygens (including phenoxy) is 1. The summed E-state index contributed by atoms with van der Waals surface area (Å²) in [6, 6.07) is 22.0. The third-order valence-corrected chi connectivity index (χ3v) is 3.88. The average Bonchev–Trinajstić information content (AvgIpc) is 2.61. The van der Waals surface area contributed by atoms with Crippen molar-refractivity contribution < 1.29 is 14.6 Å². The van der Waals surface area contributed by atoms with Crippen LogP contribution in [0.1, 0.15) is 15.9 Å². The molecule has 0 aliphatic rings. The highest BCUT2D eigenvalue weighted by atomic mass is 35.5. The Morgan fingerprint density at radius 3 is 2.25 bits per heavy atom. The minimum atomic E-state index is -1.02. The first kappa shape index (κ1) is 16.1. The number of aromatic carboxylic acids is 1. The van der Waals surface area contributed by atoms with Crippen LogP contribution in [0.15, 0.2) is 72.8 Å². The van der Waals surface area contributed by atoms with Gasteiger partial charge in [0.25, 0.3) is 0 Å². The lowest BCUT2D eigenvalue weighted by molar-refractivity contribution is 0.0692. The summed E-state index contributed by atoms with van der Waals surface area (Å²) in [5.41, 5.74) is 2.82. The van der Waals surface area contributed by atoms with Gasteiger partial charge in [-0.2, -0.15) is 0 Å². The fourth-order valence-electron chi connectivity index (χ4n) is 2.38. The zero-order valence-corrected chi connectivity index (χ0v) is 13.5. The highest BCUT2D eigenvalue weighted by molar-refractivity contribution is 6.30. The number of carboxylic acids is 1. The summed E-state index contributed by atoms with van der Waals surface area (Å²) in [5, 5.41) is 10.1. The quantitative estimate of drug-likeness (QED) is 0.688. The van der Waals surface area contributed by atoms with Gasteiger partial charge in [-0.15, -0.1) is 0 Å². The zero-order chi connectivity index (χ0) is 16.9. The van der Waals surface area contributed by atoms with Crippen LogP contribution in [-0.4, -0.2) is 11.1 Å². The van der Waals surface area contributed by atoms with E-state index in [1.807, 2.05) is 48.5 Å². The Kier molecular flexibility index (Phi) is 4.82. The van der Waals surface area contributed by atoms with Gasteiger partial charge in [0.05, 0.1) is 0 Å². The molecule has 0 aliphatic heterocycles. The molecule has 0 heterocycles. The van der Waals surface area contributed by atoms with E-state index in [4.69, 9.17) is 16.3 Å². The SMILES string of the molecule is O=C(O)c1cc(-c2ccc(Cl)cc2)ccc1OCc1ccccc1. The Hall–Kier alpha value is -2.78. The van der Waals surface area contributed by atoms with Crippen molar-refractivity contribution >= 4 is 17.6 Å². The Morgan fingerprint density at radius 1 is 0.917 bits per heavy atom. The Morgan fingerprint density at radius 2 is 1.58 bits per heavy atom. The van der Waals surface area contributed by atoms with Crippen LogP contribution in [0.2, 0.25) is 5.02 Å². The van der Waals surface area contributed by atoms with Crippen LogP contribution in [0.4, 0.5) is 0 Å². The molecule has 120 valence electrons. The van der Waals surface area contributed by atoms with Crippen LogP contribution >= 0.6 is 11.6 Å². The van der Waals surface area contributed by atoms with E-state index in [0.29, 0.717) is 17.4 Å². The van der Waals surface area contributed by atoms with Gasteiger partial charge >= 0.3 is 5.97 Å². The second-order valence-corrected chi connectivity index (χ2v) is 5.73. The number of rotatable bonds is 5. The average molecular weight is 339 g/mol. The summed E-state index contributed by atoms with van der Waals surface area (Å²) in [5.74, 6) is -0.669. The maximum Gasteiger partial charge on any atom is 0.339 e. The van der Waals surface area contributed by atoms with Gasteiger partial charge in [0, 0.05) is 5.02 Å². The van der Waals surface area contributed by atoms with Gasteiger partial charge in [-0.05, 0) is 41.0 Å². The van der Waals surface area contributed by atoms with E-state index < -0.39 is 5.97 Å². The number of carbonyl (C=O) groups is 1. The molecule has 0 spiro atoms. The molecule has 1 N–H and O–H groups in total. The van der Waals surface area contributed by atoms with Crippen molar-refractivity contribution in [3.05, 3.63) is 88.9 Å². The van der Waals surface area contributed by atoms with Crippen LogP contribution in [0.3, 0.4) is 0 Å². The highest BCUT2D eigenvalue weighted by Gasteiger charge is 2.13. The molecule has 3 aromatic rings. The van der Waals surface area contributed by atoms with Crippen molar-refractivity contribution in [3.8, 4) is 16.9 Å². The molecule has 0 radical (unpaired) electrons. The molecule has 0 fully saturated rings. The van der Waals surface area contributed by atoms with Crippen LogP contribution < -0.4 is 4.74 Å². The summed E-state index contributed by atoms with van der Waals surface area (Å²) in [4.78, 5) is 11.6. The van der Waals surface area contributed by atoms with Gasteiger partial charge in [-0.25, -0.2) is 4.79 Å². The van der Waals surface area contributed by atoms with Gasteiger partial charge in [-0.1, -0.05) is 60.1 Å². The first-order valence-electron chi connectivity index (χ1n) is 7.43. The molecule has 3 aromatic carbocycles. The van der Waals surface area contributed by atoms with Gasteiger partial charge in [0.15, 0.2) is 0 Å². The van der Waals surface area contributed by atoms with Crippen molar-refractivity contribution in [1.29, 1.82) is 0 Å². The summed E-state index contributed by atoms with van der Waals surface area (Å²) in [7, 11) is 0. The minimum absolute atomic E-state index is 0.137. The molecule has 4 heteroatoms. The molecule has 0 amide bonds. The normalized spacial score (nSPS) is 10.4. The highest BCUT2D eigenvalue weighted by Crippen LogP contribution is 2.28. The van der Waals surface area contributed by atoms with Crippen molar-refractivity contribution in [1.82, 2.24) is 0 Å². The summed E-state index contributed by atoms with van der Waals surface area (Å²) in [6.45, 7) is 0.321. The molecule has 24 heavy (non-hydrogen) atoms. The zero-order valence-electron chi connectivity index (χ0n) is 12.8. The lowest BCUT2D eigenvalue weighted by atomic mass is 10.0. The summed E-state index contributed by atoms with van der Waals surface area (Å²) < 4.78 is 5.69. The number of hydrogen-bond donors (Lipinski definition) is 1. The van der Waals surface area contributed by atoms with Crippen molar-refractivity contribution in [2.24, 2.45) is 0 Å². The van der Waals surface area contributed by atoms with Crippen LogP contribution in [-0.2, 0) is 6.61 Å². The van der Waals surface area contributed by atoms with Crippen LogP contribution in [0, 0.1) is 0 Å². The monoisotopic (exact) mass is 338 g/mol. The second kappa shape index (κ2) is 7.20. The molecule has 0 atom stereocenters. The molecular formula is C20H15ClO3. The van der Waals surface area contributed by atoms with Crippen molar-refractivity contribution in [3.63, 3.8) is 0 Å². The van der Waals surface area contributed by atoms with Gasteiger partial charge in [0.2, 0.25) is 0 Å². The molecule has 0 aliphatic carbocycles. The fourth-order valence-corrected chi connectivity index (χ4v) is 2.51. The predicted molar refractivity (Wildman–Crippen MR) is 94.6 cm³/mol. The van der Waals surface area contributed by atoms with E-state index >= 15 is 0 Å². The largest absolute Gasteiger partial charge is 0.488 e. The maximum absolute atomic E-state index is 11.6. The third-order valence-electron chi connectivity index (χ3n) is 3.62. The minimum Gasteiger partial charge on any atom is -0.488 e. The predicted octanol–water partition coefficient (Wildman–Crippen LogP) is 5.28. The molecule has 3 rings (SSSR count). The number of benzene rings is 3. The van der Waals surface area contributed by atoms with E-state index in [9.17, 15) is 9.90 Å². The molecule has 0 unspecified atom stereocenters. The second-order valence-electron chi connectivity index (χ2n) is 5.30. The Bertz CT molecular complexity index is 843. The molecule has 0 saturated heterocycles. The fraction of sp³-hybridized carbons (Fsp3) is 0.0500. The van der Waals surface area contributed by atoms with E-state index in [1.165, 1.54) is 0 Å². The molecule has 0 aromatic heterocycles. The van der Waals surface area contributed by atoms with Crippen molar-refractivity contribution in [2.45, 2.75) is 6.61 Å². The molecular weight excluding hydrogens is 324 g/mol. The Balaban J connectivity index is 1.87. The lowest BCUT2D eigenvalue weighted by Crippen LogP contribution is -2.03.